The van der Waals surface area contributed by atoms with E-state index in [2.05, 4.69) is 24.5 Å². The van der Waals surface area contributed by atoms with Crippen LogP contribution >= 0.6 is 0 Å². The van der Waals surface area contributed by atoms with E-state index in [0.717, 1.165) is 12.8 Å². The summed E-state index contributed by atoms with van der Waals surface area (Å²) in [5, 5.41) is 5.47. The predicted octanol–water partition coefficient (Wildman–Crippen LogP) is 1.47. The van der Waals surface area contributed by atoms with Crippen molar-refractivity contribution in [2.24, 2.45) is 5.92 Å². The molecular weight excluding hydrogens is 244 g/mol. The summed E-state index contributed by atoms with van der Waals surface area (Å²) in [6.07, 6.45) is 2.59. The molecule has 0 aliphatic rings. The van der Waals surface area contributed by atoms with E-state index < -0.39 is 0 Å². The summed E-state index contributed by atoms with van der Waals surface area (Å²) in [6.45, 7) is 9.03. The van der Waals surface area contributed by atoms with Crippen LogP contribution in [0.2, 0.25) is 0 Å². The van der Waals surface area contributed by atoms with Gasteiger partial charge in [-0.2, -0.15) is 0 Å². The van der Waals surface area contributed by atoms with Crippen molar-refractivity contribution in [2.45, 2.75) is 53.1 Å². The molecule has 0 unspecified atom stereocenters. The molecule has 2 amide bonds. The smallest absolute Gasteiger partial charge is 0.246 e. The summed E-state index contributed by atoms with van der Waals surface area (Å²) in [7, 11) is 0. The van der Waals surface area contributed by atoms with Gasteiger partial charge in [0.1, 0.15) is 6.61 Å². The number of ether oxygens (including phenoxy) is 1. The molecule has 0 saturated carbocycles. The van der Waals surface area contributed by atoms with Crippen LogP contribution in [0, 0.1) is 5.92 Å². The zero-order valence-electron chi connectivity index (χ0n) is 12.6. The fourth-order valence-electron chi connectivity index (χ4n) is 1.46. The molecule has 19 heavy (non-hydrogen) atoms. The van der Waals surface area contributed by atoms with Gasteiger partial charge in [-0.25, -0.2) is 0 Å². The maximum absolute atomic E-state index is 11.4. The molecule has 0 radical (unpaired) electrons. The lowest BCUT2D eigenvalue weighted by Crippen LogP contribution is -2.36. The maximum Gasteiger partial charge on any atom is 0.246 e. The number of hydrogen-bond donors (Lipinski definition) is 2. The van der Waals surface area contributed by atoms with Crippen molar-refractivity contribution < 1.29 is 14.3 Å². The van der Waals surface area contributed by atoms with E-state index in [0.29, 0.717) is 25.4 Å². The fourth-order valence-corrected chi connectivity index (χ4v) is 1.46. The molecular formula is C14H28N2O3. The Balaban J connectivity index is 3.42. The van der Waals surface area contributed by atoms with Gasteiger partial charge in [-0.3, -0.25) is 9.59 Å². The Kier molecular flexibility index (Phi) is 10.2. The largest absolute Gasteiger partial charge is 0.369 e. The summed E-state index contributed by atoms with van der Waals surface area (Å²) < 4.78 is 5.16. The van der Waals surface area contributed by atoms with Crippen molar-refractivity contribution in [3.63, 3.8) is 0 Å². The second-order valence-electron chi connectivity index (χ2n) is 5.35. The number of carbonyl (C=O) groups is 2. The summed E-state index contributed by atoms with van der Waals surface area (Å²) in [5.74, 6) is 0.532. The molecule has 0 heterocycles. The van der Waals surface area contributed by atoms with Crippen LogP contribution in [-0.4, -0.2) is 37.6 Å². The van der Waals surface area contributed by atoms with Gasteiger partial charge in [0, 0.05) is 19.5 Å². The van der Waals surface area contributed by atoms with Crippen LogP contribution in [-0.2, 0) is 14.3 Å². The Hall–Kier alpha value is -1.10. The third-order valence-electron chi connectivity index (χ3n) is 2.50. The molecule has 5 heteroatoms. The van der Waals surface area contributed by atoms with Gasteiger partial charge in [-0.1, -0.05) is 20.3 Å². The molecule has 0 aromatic heterocycles. The molecule has 0 spiro atoms. The standard InChI is InChI=1S/C14H28N2O3/c1-11(2)6-5-7-13(17)15-8-9-16-14(18)10-19-12(3)4/h11-12H,5-10H2,1-4H3,(H,15,17)(H,16,18). The first-order valence-corrected chi connectivity index (χ1v) is 7.06. The molecule has 0 aromatic rings. The molecule has 112 valence electrons. The zero-order valence-corrected chi connectivity index (χ0v) is 12.6. The third-order valence-corrected chi connectivity index (χ3v) is 2.50. The SMILES string of the molecule is CC(C)CCCC(=O)NCCNC(=O)COC(C)C. The second-order valence-corrected chi connectivity index (χ2v) is 5.35. The minimum absolute atomic E-state index is 0.0476. The lowest BCUT2D eigenvalue weighted by molar-refractivity contribution is -0.127. The monoisotopic (exact) mass is 272 g/mol. The molecule has 0 rings (SSSR count). The first-order chi connectivity index (χ1) is 8.91. The molecule has 2 N–H and O–H groups in total. The molecule has 0 fully saturated rings. The minimum Gasteiger partial charge on any atom is -0.369 e. The number of nitrogens with one attached hydrogen (secondary N) is 2. The van der Waals surface area contributed by atoms with Crippen LogP contribution in [0.25, 0.3) is 0 Å². The van der Waals surface area contributed by atoms with Gasteiger partial charge in [0.15, 0.2) is 0 Å². The van der Waals surface area contributed by atoms with Gasteiger partial charge in [-0.05, 0) is 26.2 Å². The zero-order chi connectivity index (χ0) is 14.7. The third kappa shape index (κ3) is 13.1. The predicted molar refractivity (Wildman–Crippen MR) is 75.8 cm³/mol. The van der Waals surface area contributed by atoms with Crippen molar-refractivity contribution in [3.8, 4) is 0 Å². The van der Waals surface area contributed by atoms with Crippen LogP contribution < -0.4 is 10.6 Å². The van der Waals surface area contributed by atoms with E-state index in [1.54, 1.807) is 0 Å². The molecule has 0 aliphatic heterocycles. The van der Waals surface area contributed by atoms with E-state index in [-0.39, 0.29) is 24.5 Å². The number of hydrogen-bond acceptors (Lipinski definition) is 3. The van der Waals surface area contributed by atoms with Crippen LogP contribution in [0.4, 0.5) is 0 Å². The van der Waals surface area contributed by atoms with Gasteiger partial charge in [-0.15, -0.1) is 0 Å². The van der Waals surface area contributed by atoms with Crippen LogP contribution in [0.15, 0.2) is 0 Å². The molecule has 0 bridgehead atoms. The normalized spacial score (nSPS) is 10.8. The van der Waals surface area contributed by atoms with E-state index in [1.165, 1.54) is 0 Å². The number of rotatable bonds is 10. The highest BCUT2D eigenvalue weighted by Gasteiger charge is 2.04. The van der Waals surface area contributed by atoms with Crippen molar-refractivity contribution in [1.29, 1.82) is 0 Å². The van der Waals surface area contributed by atoms with Gasteiger partial charge in [0.25, 0.3) is 0 Å². The van der Waals surface area contributed by atoms with E-state index >= 15 is 0 Å². The summed E-state index contributed by atoms with van der Waals surface area (Å²) in [6, 6.07) is 0. The summed E-state index contributed by atoms with van der Waals surface area (Å²) in [4.78, 5) is 22.7. The Bertz CT molecular complexity index is 265. The van der Waals surface area contributed by atoms with Crippen molar-refractivity contribution in [1.82, 2.24) is 10.6 Å². The average molecular weight is 272 g/mol. The van der Waals surface area contributed by atoms with Crippen LogP contribution in [0.1, 0.15) is 47.0 Å². The molecule has 5 nitrogen and oxygen atoms in total. The van der Waals surface area contributed by atoms with E-state index in [9.17, 15) is 9.59 Å². The Morgan fingerprint density at radius 2 is 1.58 bits per heavy atom. The second kappa shape index (κ2) is 10.8. The Labute approximate surface area is 116 Å². The Morgan fingerprint density at radius 3 is 2.11 bits per heavy atom. The fraction of sp³-hybridized carbons (Fsp3) is 0.857. The van der Waals surface area contributed by atoms with Gasteiger partial charge >= 0.3 is 0 Å². The first kappa shape index (κ1) is 17.9. The van der Waals surface area contributed by atoms with Crippen molar-refractivity contribution >= 4 is 11.8 Å². The van der Waals surface area contributed by atoms with Crippen LogP contribution in [0.5, 0.6) is 0 Å². The van der Waals surface area contributed by atoms with Crippen LogP contribution in [0.3, 0.4) is 0 Å². The molecule has 0 saturated heterocycles. The number of amides is 2. The molecule has 0 aromatic carbocycles. The maximum atomic E-state index is 11.4. The Morgan fingerprint density at radius 1 is 1.00 bits per heavy atom. The van der Waals surface area contributed by atoms with E-state index in [4.69, 9.17) is 4.74 Å². The number of carbonyl (C=O) groups excluding carboxylic acids is 2. The highest BCUT2D eigenvalue weighted by molar-refractivity contribution is 5.77. The molecule has 0 atom stereocenters. The quantitative estimate of drug-likeness (QED) is 0.592. The van der Waals surface area contributed by atoms with E-state index in [1.807, 2.05) is 13.8 Å². The molecule has 0 aliphatic carbocycles. The highest BCUT2D eigenvalue weighted by atomic mass is 16.5. The van der Waals surface area contributed by atoms with Crippen molar-refractivity contribution in [3.05, 3.63) is 0 Å². The lowest BCUT2D eigenvalue weighted by Gasteiger charge is -2.09. The topological polar surface area (TPSA) is 67.4 Å². The van der Waals surface area contributed by atoms with Gasteiger partial charge in [0.2, 0.25) is 11.8 Å². The summed E-state index contributed by atoms with van der Waals surface area (Å²) in [5.41, 5.74) is 0. The highest BCUT2D eigenvalue weighted by Crippen LogP contribution is 2.05. The van der Waals surface area contributed by atoms with Crippen molar-refractivity contribution in [2.75, 3.05) is 19.7 Å². The summed E-state index contributed by atoms with van der Waals surface area (Å²) >= 11 is 0. The van der Waals surface area contributed by atoms with Gasteiger partial charge in [0.05, 0.1) is 6.10 Å². The average Bonchev–Trinajstić information content (AvgIpc) is 2.31. The first-order valence-electron chi connectivity index (χ1n) is 7.06. The van der Waals surface area contributed by atoms with Gasteiger partial charge < -0.3 is 15.4 Å². The lowest BCUT2D eigenvalue weighted by atomic mass is 10.1. The minimum atomic E-state index is -0.150.